The van der Waals surface area contributed by atoms with Gasteiger partial charge in [0.05, 0.1) is 4.90 Å². The number of amides is 1. The minimum Gasteiger partial charge on any atom is -0.387 e. The van der Waals surface area contributed by atoms with Crippen LogP contribution in [0.15, 0.2) is 40.9 Å². The molecule has 0 radical (unpaired) electrons. The average molecular weight is 429 g/mol. The summed E-state index contributed by atoms with van der Waals surface area (Å²) in [4.78, 5) is 12.5. The molecular weight excluding hydrogens is 400 g/mol. The molecule has 1 atom stereocenters. The zero-order valence-corrected chi connectivity index (χ0v) is 17.9. The molecular formula is C22H28N4O3S. The first kappa shape index (κ1) is 20.9. The lowest BCUT2D eigenvalue weighted by molar-refractivity contribution is -0.112. The van der Waals surface area contributed by atoms with Crippen LogP contribution in [-0.2, 0) is 14.8 Å². The summed E-state index contributed by atoms with van der Waals surface area (Å²) in [5, 5.41) is 20.5. The molecule has 4 aliphatic rings. The van der Waals surface area contributed by atoms with Crippen molar-refractivity contribution in [3.63, 3.8) is 0 Å². The van der Waals surface area contributed by atoms with Gasteiger partial charge in [0.15, 0.2) is 0 Å². The Hall–Kier alpha value is -2.37. The van der Waals surface area contributed by atoms with Gasteiger partial charge in [-0.25, -0.2) is 13.6 Å². The van der Waals surface area contributed by atoms with Gasteiger partial charge in [0.25, 0.3) is 5.91 Å². The van der Waals surface area contributed by atoms with Crippen molar-refractivity contribution in [2.24, 2.45) is 28.3 Å². The van der Waals surface area contributed by atoms with Crippen molar-refractivity contribution in [3.05, 3.63) is 36.0 Å². The number of nitriles is 1. The molecule has 1 aromatic rings. The van der Waals surface area contributed by atoms with Crippen LogP contribution in [0.5, 0.6) is 0 Å². The molecule has 4 bridgehead atoms. The lowest BCUT2D eigenvalue weighted by Gasteiger charge is -2.59. The molecule has 4 fully saturated rings. The third-order valence-electron chi connectivity index (χ3n) is 7.29. The van der Waals surface area contributed by atoms with Crippen LogP contribution in [0.25, 0.3) is 0 Å². The topological polar surface area (TPSA) is 125 Å². The summed E-state index contributed by atoms with van der Waals surface area (Å²) >= 11 is 0. The Labute approximate surface area is 177 Å². The quantitative estimate of drug-likeness (QED) is 0.474. The molecule has 5 rings (SSSR count). The number of rotatable bonds is 6. The van der Waals surface area contributed by atoms with Crippen LogP contribution in [0, 0.1) is 34.5 Å². The number of carbonyl (C=O) groups excluding carboxylic acids is 1. The Balaban J connectivity index is 1.41. The standard InChI is InChI=1S/C22H28N4O3S/c1-14(22-9-15-6-16(10-22)8-17(7-15)11-22)25-13-18(12-23)21(27)26-19-2-4-20(5-3-19)30(24,28)29/h2-5,13-17,25H,6-11H2,1H3,(H,26,27)(H2,24,28,29)/b18-13-. The van der Waals surface area contributed by atoms with Crippen LogP contribution in [0.3, 0.4) is 0 Å². The van der Waals surface area contributed by atoms with Gasteiger partial charge in [-0.05, 0) is 92.9 Å². The number of anilines is 1. The second-order valence-corrected chi connectivity index (χ2v) is 10.9. The van der Waals surface area contributed by atoms with Gasteiger partial charge in [-0.1, -0.05) is 0 Å². The van der Waals surface area contributed by atoms with Crippen molar-refractivity contribution in [2.75, 3.05) is 5.32 Å². The van der Waals surface area contributed by atoms with Crippen LogP contribution in [-0.4, -0.2) is 20.4 Å². The van der Waals surface area contributed by atoms with Crippen LogP contribution in [0.2, 0.25) is 0 Å². The van der Waals surface area contributed by atoms with Crippen LogP contribution < -0.4 is 15.8 Å². The van der Waals surface area contributed by atoms with Gasteiger partial charge in [-0.2, -0.15) is 5.26 Å². The van der Waals surface area contributed by atoms with E-state index in [9.17, 15) is 18.5 Å². The fourth-order valence-corrected chi connectivity index (χ4v) is 6.68. The molecule has 160 valence electrons. The average Bonchev–Trinajstić information content (AvgIpc) is 2.67. The number of benzene rings is 1. The van der Waals surface area contributed by atoms with Crippen molar-refractivity contribution < 1.29 is 13.2 Å². The van der Waals surface area contributed by atoms with E-state index in [-0.39, 0.29) is 21.9 Å². The molecule has 4 N–H and O–H groups in total. The van der Waals surface area contributed by atoms with E-state index in [2.05, 4.69) is 17.6 Å². The Bertz CT molecular complexity index is 973. The second-order valence-electron chi connectivity index (χ2n) is 9.36. The van der Waals surface area contributed by atoms with E-state index in [0.717, 1.165) is 17.8 Å². The highest BCUT2D eigenvalue weighted by molar-refractivity contribution is 7.89. The minimum absolute atomic E-state index is 0.0119. The van der Waals surface area contributed by atoms with E-state index in [4.69, 9.17) is 5.14 Å². The smallest absolute Gasteiger partial charge is 0.267 e. The monoisotopic (exact) mass is 428 g/mol. The molecule has 30 heavy (non-hydrogen) atoms. The summed E-state index contributed by atoms with van der Waals surface area (Å²) < 4.78 is 22.7. The van der Waals surface area contributed by atoms with E-state index >= 15 is 0 Å². The highest BCUT2D eigenvalue weighted by Crippen LogP contribution is 2.61. The van der Waals surface area contributed by atoms with Crippen LogP contribution in [0.4, 0.5) is 5.69 Å². The zero-order valence-electron chi connectivity index (χ0n) is 17.1. The molecule has 0 aliphatic heterocycles. The van der Waals surface area contributed by atoms with Gasteiger partial charge in [0.2, 0.25) is 10.0 Å². The number of nitrogens with one attached hydrogen (secondary N) is 2. The highest BCUT2D eigenvalue weighted by Gasteiger charge is 2.53. The van der Waals surface area contributed by atoms with E-state index in [0.29, 0.717) is 5.69 Å². The number of sulfonamides is 1. The van der Waals surface area contributed by atoms with E-state index in [1.165, 1.54) is 69.0 Å². The predicted octanol–water partition coefficient (Wildman–Crippen LogP) is 2.87. The normalized spacial score (nSPS) is 31.1. The fourth-order valence-electron chi connectivity index (χ4n) is 6.17. The Morgan fingerprint density at radius 2 is 1.70 bits per heavy atom. The third-order valence-corrected chi connectivity index (χ3v) is 8.22. The lowest BCUT2D eigenvalue weighted by Crippen LogP contribution is -2.54. The Morgan fingerprint density at radius 3 is 2.17 bits per heavy atom. The molecule has 0 spiro atoms. The molecule has 0 saturated heterocycles. The third kappa shape index (κ3) is 4.09. The molecule has 1 aromatic carbocycles. The second kappa shape index (κ2) is 7.71. The summed E-state index contributed by atoms with van der Waals surface area (Å²) in [5.74, 6) is 1.97. The maximum absolute atomic E-state index is 12.5. The van der Waals surface area contributed by atoms with Crippen LogP contribution in [0.1, 0.15) is 45.4 Å². The van der Waals surface area contributed by atoms with Crippen molar-refractivity contribution in [3.8, 4) is 6.07 Å². The predicted molar refractivity (Wildman–Crippen MR) is 113 cm³/mol. The van der Waals surface area contributed by atoms with Gasteiger partial charge < -0.3 is 10.6 Å². The van der Waals surface area contributed by atoms with Crippen molar-refractivity contribution in [1.29, 1.82) is 5.26 Å². The van der Waals surface area contributed by atoms with Crippen molar-refractivity contribution in [2.45, 2.75) is 56.4 Å². The zero-order chi connectivity index (χ0) is 21.5. The number of carbonyl (C=O) groups is 1. The first-order valence-electron chi connectivity index (χ1n) is 10.5. The molecule has 0 aromatic heterocycles. The highest BCUT2D eigenvalue weighted by atomic mass is 32.2. The summed E-state index contributed by atoms with van der Waals surface area (Å²) in [6.45, 7) is 2.17. The fraction of sp³-hybridized carbons (Fsp3) is 0.545. The largest absolute Gasteiger partial charge is 0.387 e. The Kier molecular flexibility index (Phi) is 5.37. The molecule has 8 heteroatoms. The van der Waals surface area contributed by atoms with Gasteiger partial charge in [0, 0.05) is 17.9 Å². The number of hydrogen-bond acceptors (Lipinski definition) is 5. The molecule has 1 unspecified atom stereocenters. The Morgan fingerprint density at radius 1 is 1.17 bits per heavy atom. The summed E-state index contributed by atoms with van der Waals surface area (Å²) in [7, 11) is -3.79. The van der Waals surface area contributed by atoms with E-state index in [1.54, 1.807) is 0 Å². The van der Waals surface area contributed by atoms with Crippen molar-refractivity contribution in [1.82, 2.24) is 5.32 Å². The van der Waals surface area contributed by atoms with Crippen LogP contribution >= 0.6 is 0 Å². The molecule has 4 saturated carbocycles. The van der Waals surface area contributed by atoms with E-state index in [1.807, 2.05) is 6.07 Å². The van der Waals surface area contributed by atoms with Crippen molar-refractivity contribution >= 4 is 21.6 Å². The first-order valence-corrected chi connectivity index (χ1v) is 12.0. The van der Waals surface area contributed by atoms with Gasteiger partial charge in [-0.15, -0.1) is 0 Å². The summed E-state index contributed by atoms with van der Waals surface area (Å²) in [6.07, 6.45) is 9.37. The summed E-state index contributed by atoms with van der Waals surface area (Å²) in [5.41, 5.74) is 0.649. The number of primary sulfonamides is 1. The number of nitrogens with zero attached hydrogens (tertiary/aromatic N) is 1. The SMILES string of the molecule is CC(N/C=C(/C#N)C(=O)Nc1ccc(S(N)(=O)=O)cc1)C12CC3CC(CC(C3)C1)C2. The maximum Gasteiger partial charge on any atom is 0.267 e. The molecule has 4 aliphatic carbocycles. The summed E-state index contributed by atoms with van der Waals surface area (Å²) in [6, 6.07) is 7.67. The first-order chi connectivity index (χ1) is 14.2. The van der Waals surface area contributed by atoms with Gasteiger partial charge in [-0.3, -0.25) is 4.79 Å². The van der Waals surface area contributed by atoms with E-state index < -0.39 is 15.9 Å². The minimum atomic E-state index is -3.79. The molecule has 1 amide bonds. The van der Waals surface area contributed by atoms with Gasteiger partial charge in [0.1, 0.15) is 11.6 Å². The number of nitrogens with two attached hydrogens (primary N) is 1. The van der Waals surface area contributed by atoms with Gasteiger partial charge >= 0.3 is 0 Å². The lowest BCUT2D eigenvalue weighted by atomic mass is 9.48. The maximum atomic E-state index is 12.5. The molecule has 0 heterocycles. The number of hydrogen-bond donors (Lipinski definition) is 3. The molecule has 7 nitrogen and oxygen atoms in total.